The highest BCUT2D eigenvalue weighted by molar-refractivity contribution is 9.11. The Bertz CT molecular complexity index is 954. The van der Waals surface area contributed by atoms with Gasteiger partial charge in [0.05, 0.1) is 11.4 Å². The van der Waals surface area contributed by atoms with Gasteiger partial charge >= 0.3 is 0 Å². The van der Waals surface area contributed by atoms with E-state index in [-0.39, 0.29) is 24.0 Å². The van der Waals surface area contributed by atoms with Gasteiger partial charge in [0.15, 0.2) is 17.4 Å². The Kier molecular flexibility index (Phi) is 6.86. The van der Waals surface area contributed by atoms with Crippen molar-refractivity contribution in [2.45, 2.75) is 11.8 Å². The second-order valence-electron chi connectivity index (χ2n) is 5.24. The first-order chi connectivity index (χ1) is 13.0. The summed E-state index contributed by atoms with van der Waals surface area (Å²) in [6.45, 7) is 0.0473. The molecule has 2 aromatic carbocycles. The van der Waals surface area contributed by atoms with E-state index in [0.29, 0.717) is 16.7 Å². The van der Waals surface area contributed by atoms with Crippen molar-refractivity contribution in [3.8, 4) is 5.75 Å². The number of benzene rings is 2. The number of halogens is 3. The highest BCUT2D eigenvalue weighted by atomic mass is 79.9. The van der Waals surface area contributed by atoms with E-state index in [9.17, 15) is 9.18 Å². The van der Waals surface area contributed by atoms with Gasteiger partial charge in [0.1, 0.15) is 6.61 Å². The van der Waals surface area contributed by atoms with Crippen LogP contribution in [-0.4, -0.2) is 26.8 Å². The number of amides is 1. The number of hydrogen-bond acceptors (Lipinski definition) is 5. The van der Waals surface area contributed by atoms with Crippen LogP contribution in [0.25, 0.3) is 0 Å². The number of para-hydroxylation sites is 1. The van der Waals surface area contributed by atoms with Crippen molar-refractivity contribution in [2.24, 2.45) is 0 Å². The summed E-state index contributed by atoms with van der Waals surface area (Å²) in [6.07, 6.45) is 0. The minimum absolute atomic E-state index is 0.0473. The van der Waals surface area contributed by atoms with Crippen LogP contribution in [0.3, 0.4) is 0 Å². The molecule has 2 N–H and O–H groups in total. The SMILES string of the molecule is O=C(CSc1n[nH]c(COc2ccccc2F)n1)Nc1cc(Br)ccc1Br. The Morgan fingerprint density at radius 3 is 2.89 bits per heavy atom. The molecule has 0 saturated heterocycles. The second-order valence-corrected chi connectivity index (χ2v) is 7.96. The fourth-order valence-corrected chi connectivity index (χ4v) is 3.35. The predicted molar refractivity (Wildman–Crippen MR) is 108 cm³/mol. The molecular weight excluding hydrogens is 503 g/mol. The lowest BCUT2D eigenvalue weighted by molar-refractivity contribution is -0.113. The summed E-state index contributed by atoms with van der Waals surface area (Å²) in [5, 5.41) is 9.95. The molecule has 0 atom stereocenters. The van der Waals surface area contributed by atoms with Gasteiger partial charge in [0.25, 0.3) is 0 Å². The molecule has 1 aromatic heterocycles. The van der Waals surface area contributed by atoms with Gasteiger partial charge in [-0.15, -0.1) is 5.10 Å². The van der Waals surface area contributed by atoms with E-state index < -0.39 is 5.82 Å². The second kappa shape index (κ2) is 9.34. The maximum Gasteiger partial charge on any atom is 0.234 e. The summed E-state index contributed by atoms with van der Waals surface area (Å²) in [5.74, 6) is 0.0949. The molecule has 140 valence electrons. The number of H-pyrrole nitrogens is 1. The molecule has 0 aliphatic rings. The third-order valence-electron chi connectivity index (χ3n) is 3.25. The van der Waals surface area contributed by atoms with Gasteiger partial charge in [0.2, 0.25) is 11.1 Å². The molecule has 0 saturated carbocycles. The smallest absolute Gasteiger partial charge is 0.234 e. The summed E-state index contributed by atoms with van der Waals surface area (Å²) in [6, 6.07) is 11.6. The molecule has 0 aliphatic carbocycles. The van der Waals surface area contributed by atoms with Gasteiger partial charge in [0, 0.05) is 8.95 Å². The summed E-state index contributed by atoms with van der Waals surface area (Å²) in [5.41, 5.74) is 0.670. The number of nitrogens with one attached hydrogen (secondary N) is 2. The Morgan fingerprint density at radius 1 is 1.26 bits per heavy atom. The molecule has 0 radical (unpaired) electrons. The predicted octanol–water partition coefficient (Wildman–Crippen LogP) is 4.78. The van der Waals surface area contributed by atoms with Crippen LogP contribution in [0.15, 0.2) is 56.6 Å². The molecule has 1 amide bonds. The fourth-order valence-electron chi connectivity index (χ4n) is 2.02. The molecule has 3 aromatic rings. The highest BCUT2D eigenvalue weighted by Gasteiger charge is 2.11. The Morgan fingerprint density at radius 2 is 2.07 bits per heavy atom. The number of aromatic nitrogens is 3. The molecule has 1 heterocycles. The average molecular weight is 516 g/mol. The fraction of sp³-hybridized carbons (Fsp3) is 0.118. The number of nitrogens with zero attached hydrogens (tertiary/aromatic N) is 2. The van der Waals surface area contributed by atoms with E-state index in [0.717, 1.165) is 8.95 Å². The summed E-state index contributed by atoms with van der Waals surface area (Å²) in [7, 11) is 0. The van der Waals surface area contributed by atoms with Crippen molar-refractivity contribution in [2.75, 3.05) is 11.1 Å². The number of anilines is 1. The Labute approximate surface area is 175 Å². The number of hydrogen-bond donors (Lipinski definition) is 2. The lowest BCUT2D eigenvalue weighted by Gasteiger charge is -2.07. The van der Waals surface area contributed by atoms with Gasteiger partial charge in [-0.3, -0.25) is 9.89 Å². The lowest BCUT2D eigenvalue weighted by atomic mass is 10.3. The monoisotopic (exact) mass is 514 g/mol. The summed E-state index contributed by atoms with van der Waals surface area (Å²) < 4.78 is 20.5. The molecular formula is C17H13Br2FN4O2S. The molecule has 0 unspecified atom stereocenters. The molecule has 0 aliphatic heterocycles. The van der Waals surface area contributed by atoms with Gasteiger partial charge < -0.3 is 10.1 Å². The molecule has 0 spiro atoms. The molecule has 3 rings (SSSR count). The van der Waals surface area contributed by atoms with E-state index in [1.165, 1.54) is 23.9 Å². The zero-order valence-electron chi connectivity index (χ0n) is 13.7. The lowest BCUT2D eigenvalue weighted by Crippen LogP contribution is -2.14. The molecule has 6 nitrogen and oxygen atoms in total. The third-order valence-corrected chi connectivity index (χ3v) is 5.28. The van der Waals surface area contributed by atoms with Crippen molar-refractivity contribution in [3.63, 3.8) is 0 Å². The van der Waals surface area contributed by atoms with E-state index >= 15 is 0 Å². The number of thioether (sulfide) groups is 1. The van der Waals surface area contributed by atoms with Gasteiger partial charge in [-0.1, -0.05) is 39.8 Å². The minimum Gasteiger partial charge on any atom is -0.483 e. The zero-order chi connectivity index (χ0) is 19.2. The molecule has 10 heteroatoms. The van der Waals surface area contributed by atoms with Crippen molar-refractivity contribution < 1.29 is 13.9 Å². The van der Waals surface area contributed by atoms with Crippen molar-refractivity contribution in [3.05, 3.63) is 63.1 Å². The average Bonchev–Trinajstić information content (AvgIpc) is 3.10. The van der Waals surface area contributed by atoms with E-state index in [2.05, 4.69) is 52.4 Å². The maximum absolute atomic E-state index is 13.5. The number of rotatable bonds is 7. The van der Waals surface area contributed by atoms with Gasteiger partial charge in [-0.2, -0.15) is 0 Å². The Hall–Kier alpha value is -1.91. The van der Waals surface area contributed by atoms with Crippen LogP contribution in [0.4, 0.5) is 10.1 Å². The molecule has 0 fully saturated rings. The number of carbonyl (C=O) groups is 1. The van der Waals surface area contributed by atoms with Crippen LogP contribution in [0.1, 0.15) is 5.82 Å². The molecule has 27 heavy (non-hydrogen) atoms. The maximum atomic E-state index is 13.5. The first-order valence-corrected chi connectivity index (χ1v) is 10.2. The largest absolute Gasteiger partial charge is 0.483 e. The summed E-state index contributed by atoms with van der Waals surface area (Å²) >= 11 is 7.93. The third kappa shape index (κ3) is 5.78. The van der Waals surface area contributed by atoms with Crippen LogP contribution in [0.2, 0.25) is 0 Å². The minimum atomic E-state index is -0.443. The number of carbonyl (C=O) groups excluding carboxylic acids is 1. The van der Waals surface area contributed by atoms with Gasteiger partial charge in [-0.05, 0) is 46.3 Å². The highest BCUT2D eigenvalue weighted by Crippen LogP contribution is 2.26. The standard InChI is InChI=1S/C17H13Br2FN4O2S/c18-10-5-6-11(19)13(7-10)21-16(25)9-27-17-22-15(23-24-17)8-26-14-4-2-1-3-12(14)20/h1-7H,8-9H2,(H,21,25)(H,22,23,24). The first-order valence-electron chi connectivity index (χ1n) is 7.67. The topological polar surface area (TPSA) is 79.9 Å². The van der Waals surface area contributed by atoms with Crippen LogP contribution in [0, 0.1) is 5.82 Å². The van der Waals surface area contributed by atoms with Crippen molar-refractivity contribution in [1.29, 1.82) is 0 Å². The number of ether oxygens (including phenoxy) is 1. The van der Waals surface area contributed by atoms with Crippen molar-refractivity contribution >= 4 is 55.2 Å². The molecule has 0 bridgehead atoms. The first kappa shape index (κ1) is 19.8. The zero-order valence-corrected chi connectivity index (χ0v) is 17.7. The van der Waals surface area contributed by atoms with Crippen molar-refractivity contribution in [1.82, 2.24) is 15.2 Å². The van der Waals surface area contributed by atoms with Crippen LogP contribution in [-0.2, 0) is 11.4 Å². The summed E-state index contributed by atoms with van der Waals surface area (Å²) in [4.78, 5) is 16.3. The van der Waals surface area contributed by atoms with E-state index in [1.54, 1.807) is 18.2 Å². The van der Waals surface area contributed by atoms with Gasteiger partial charge in [-0.25, -0.2) is 9.37 Å². The number of aromatic amines is 1. The quantitative estimate of drug-likeness (QED) is 0.443. The van der Waals surface area contributed by atoms with Crippen LogP contribution in [0.5, 0.6) is 5.75 Å². The van der Waals surface area contributed by atoms with E-state index in [4.69, 9.17) is 4.74 Å². The van der Waals surface area contributed by atoms with Crippen LogP contribution < -0.4 is 10.1 Å². The normalized spacial score (nSPS) is 10.6. The van der Waals surface area contributed by atoms with E-state index in [1.807, 2.05) is 12.1 Å². The van der Waals surface area contributed by atoms with Crippen LogP contribution >= 0.6 is 43.6 Å². The Balaban J connectivity index is 1.50.